The Kier molecular flexibility index (Phi) is 7.83. The van der Waals surface area contributed by atoms with E-state index in [1.54, 1.807) is 11.3 Å². The minimum absolute atomic E-state index is 0.0282. The van der Waals surface area contributed by atoms with Crippen LogP contribution in [0.3, 0.4) is 0 Å². The summed E-state index contributed by atoms with van der Waals surface area (Å²) in [5.74, 6) is 0.766. The molecule has 0 spiro atoms. The van der Waals surface area contributed by atoms with Gasteiger partial charge in [0.05, 0.1) is 6.54 Å². The molecule has 0 bridgehead atoms. The lowest BCUT2D eigenvalue weighted by Gasteiger charge is -2.11. The molecule has 1 aromatic carbocycles. The van der Waals surface area contributed by atoms with Gasteiger partial charge in [-0.25, -0.2) is 4.99 Å². The lowest BCUT2D eigenvalue weighted by atomic mass is 10.2. The maximum Gasteiger partial charge on any atom is 0.222 e. The van der Waals surface area contributed by atoms with Crippen molar-refractivity contribution in [2.45, 2.75) is 26.4 Å². The Bertz CT molecular complexity index is 626. The largest absolute Gasteiger partial charge is 0.357 e. The second-order valence-electron chi connectivity index (χ2n) is 5.21. The molecule has 0 radical (unpaired) electrons. The zero-order valence-electron chi connectivity index (χ0n) is 13.9. The highest BCUT2D eigenvalue weighted by molar-refractivity contribution is 7.09. The maximum absolute atomic E-state index is 11.9. The summed E-state index contributed by atoms with van der Waals surface area (Å²) in [7, 11) is 0. The third-order valence-corrected chi connectivity index (χ3v) is 4.16. The Morgan fingerprint density at radius 1 is 1.08 bits per heavy atom. The third-order valence-electron chi connectivity index (χ3n) is 3.29. The van der Waals surface area contributed by atoms with Crippen LogP contribution in [0, 0.1) is 0 Å². The fourth-order valence-electron chi connectivity index (χ4n) is 2.08. The third kappa shape index (κ3) is 6.83. The van der Waals surface area contributed by atoms with Crippen molar-refractivity contribution in [2.75, 3.05) is 13.1 Å². The van der Waals surface area contributed by atoms with Gasteiger partial charge < -0.3 is 16.0 Å². The quantitative estimate of drug-likeness (QED) is 0.509. The normalized spacial score (nSPS) is 11.1. The van der Waals surface area contributed by atoms with Crippen LogP contribution in [0.25, 0.3) is 0 Å². The van der Waals surface area contributed by atoms with E-state index in [1.807, 2.05) is 48.7 Å². The number of carbonyl (C=O) groups excluding carboxylic acids is 1. The number of amides is 1. The molecule has 0 fully saturated rings. The first-order chi connectivity index (χ1) is 11.8. The van der Waals surface area contributed by atoms with E-state index >= 15 is 0 Å². The molecule has 128 valence electrons. The van der Waals surface area contributed by atoms with Gasteiger partial charge >= 0.3 is 0 Å². The van der Waals surface area contributed by atoms with Gasteiger partial charge in [0.15, 0.2) is 5.96 Å². The lowest BCUT2D eigenvalue weighted by molar-refractivity contribution is -0.121. The highest BCUT2D eigenvalue weighted by Gasteiger charge is 2.03. The molecule has 0 aliphatic rings. The van der Waals surface area contributed by atoms with Crippen LogP contribution < -0.4 is 16.0 Å². The number of thiophene rings is 1. The molecule has 0 unspecified atom stereocenters. The van der Waals surface area contributed by atoms with Gasteiger partial charge in [-0.1, -0.05) is 36.4 Å². The monoisotopic (exact) mass is 344 g/mol. The minimum atomic E-state index is 0.0282. The fourth-order valence-corrected chi connectivity index (χ4v) is 2.71. The van der Waals surface area contributed by atoms with Crippen molar-refractivity contribution < 1.29 is 4.79 Å². The molecule has 24 heavy (non-hydrogen) atoms. The second kappa shape index (κ2) is 10.4. The van der Waals surface area contributed by atoms with Crippen molar-refractivity contribution in [2.24, 2.45) is 4.99 Å². The maximum atomic E-state index is 11.9. The van der Waals surface area contributed by atoms with Crippen LogP contribution in [0.5, 0.6) is 0 Å². The number of nitrogens with one attached hydrogen (secondary N) is 3. The van der Waals surface area contributed by atoms with E-state index < -0.39 is 0 Å². The molecule has 2 rings (SSSR count). The average Bonchev–Trinajstić information content (AvgIpc) is 3.12. The number of carbonyl (C=O) groups is 1. The summed E-state index contributed by atoms with van der Waals surface area (Å²) in [5, 5.41) is 11.3. The topological polar surface area (TPSA) is 65.5 Å². The summed E-state index contributed by atoms with van der Waals surface area (Å²) in [6, 6.07) is 14.0. The van der Waals surface area contributed by atoms with E-state index in [0.29, 0.717) is 26.1 Å². The molecule has 0 aliphatic carbocycles. The van der Waals surface area contributed by atoms with Gasteiger partial charge in [0, 0.05) is 30.9 Å². The van der Waals surface area contributed by atoms with Gasteiger partial charge in [0.25, 0.3) is 0 Å². The Morgan fingerprint density at radius 3 is 2.62 bits per heavy atom. The van der Waals surface area contributed by atoms with E-state index in [9.17, 15) is 4.79 Å². The summed E-state index contributed by atoms with van der Waals surface area (Å²) in [5.41, 5.74) is 1.10. The smallest absolute Gasteiger partial charge is 0.222 e. The summed E-state index contributed by atoms with van der Waals surface area (Å²) >= 11 is 1.69. The molecular formula is C18H24N4OS. The van der Waals surface area contributed by atoms with Crippen molar-refractivity contribution in [3.8, 4) is 0 Å². The highest BCUT2D eigenvalue weighted by Crippen LogP contribution is 2.09. The Hall–Kier alpha value is -2.34. The molecule has 1 aromatic heterocycles. The first-order valence-electron chi connectivity index (χ1n) is 8.13. The molecule has 3 N–H and O–H groups in total. The van der Waals surface area contributed by atoms with Crippen LogP contribution in [0.4, 0.5) is 0 Å². The molecule has 0 saturated carbocycles. The first-order valence-corrected chi connectivity index (χ1v) is 9.01. The van der Waals surface area contributed by atoms with Crippen LogP contribution in [-0.2, 0) is 17.9 Å². The molecule has 0 atom stereocenters. The van der Waals surface area contributed by atoms with E-state index in [2.05, 4.69) is 27.0 Å². The van der Waals surface area contributed by atoms with Gasteiger partial charge in [-0.05, 0) is 23.9 Å². The van der Waals surface area contributed by atoms with Crippen molar-refractivity contribution >= 4 is 23.2 Å². The summed E-state index contributed by atoms with van der Waals surface area (Å²) in [4.78, 5) is 17.6. The number of rotatable bonds is 8. The summed E-state index contributed by atoms with van der Waals surface area (Å²) < 4.78 is 0. The van der Waals surface area contributed by atoms with Crippen molar-refractivity contribution in [3.05, 3.63) is 58.3 Å². The van der Waals surface area contributed by atoms with E-state index in [0.717, 1.165) is 18.1 Å². The number of hydrogen-bond donors (Lipinski definition) is 3. The SMILES string of the molecule is CCNC(=NCc1cccs1)NCCC(=O)NCc1ccccc1. The van der Waals surface area contributed by atoms with Crippen LogP contribution in [-0.4, -0.2) is 25.0 Å². The Balaban J connectivity index is 1.69. The molecular weight excluding hydrogens is 320 g/mol. The summed E-state index contributed by atoms with van der Waals surface area (Å²) in [6.45, 7) is 4.57. The molecule has 6 heteroatoms. The fraction of sp³-hybridized carbons (Fsp3) is 0.333. The van der Waals surface area contributed by atoms with Crippen molar-refractivity contribution in [1.82, 2.24) is 16.0 Å². The van der Waals surface area contributed by atoms with Gasteiger partial charge in [-0.2, -0.15) is 0 Å². The van der Waals surface area contributed by atoms with Crippen LogP contribution in [0.15, 0.2) is 52.8 Å². The van der Waals surface area contributed by atoms with Gasteiger partial charge in [0.2, 0.25) is 5.91 Å². The molecule has 1 heterocycles. The van der Waals surface area contributed by atoms with Crippen LogP contribution in [0.2, 0.25) is 0 Å². The predicted octanol–water partition coefficient (Wildman–Crippen LogP) is 2.51. The van der Waals surface area contributed by atoms with Crippen molar-refractivity contribution in [3.63, 3.8) is 0 Å². The molecule has 0 saturated heterocycles. The van der Waals surface area contributed by atoms with Crippen molar-refractivity contribution in [1.29, 1.82) is 0 Å². The van der Waals surface area contributed by atoms with Crippen LogP contribution >= 0.6 is 11.3 Å². The number of nitrogens with zero attached hydrogens (tertiary/aromatic N) is 1. The van der Waals surface area contributed by atoms with Gasteiger partial charge in [-0.15, -0.1) is 11.3 Å². The second-order valence-corrected chi connectivity index (χ2v) is 6.25. The number of benzene rings is 1. The summed E-state index contributed by atoms with van der Waals surface area (Å²) in [6.07, 6.45) is 0.413. The number of hydrogen-bond acceptors (Lipinski definition) is 3. The lowest BCUT2D eigenvalue weighted by Crippen LogP contribution is -2.39. The molecule has 2 aromatic rings. The zero-order chi connectivity index (χ0) is 17.0. The standard InChI is InChI=1S/C18H24N4OS/c1-2-19-18(22-14-16-9-6-12-24-16)20-11-10-17(23)21-13-15-7-4-3-5-8-15/h3-9,12H,2,10-11,13-14H2,1H3,(H,21,23)(H2,19,20,22). The predicted molar refractivity (Wildman–Crippen MR) is 100 cm³/mol. The van der Waals surface area contributed by atoms with Gasteiger partial charge in [0.1, 0.15) is 0 Å². The highest BCUT2D eigenvalue weighted by atomic mass is 32.1. The Labute approximate surface area is 147 Å². The van der Waals surface area contributed by atoms with E-state index in [1.165, 1.54) is 4.88 Å². The minimum Gasteiger partial charge on any atom is -0.357 e. The average molecular weight is 344 g/mol. The Morgan fingerprint density at radius 2 is 1.92 bits per heavy atom. The zero-order valence-corrected chi connectivity index (χ0v) is 14.7. The number of guanidine groups is 1. The first kappa shape index (κ1) is 18.0. The molecule has 1 amide bonds. The van der Waals surface area contributed by atoms with Crippen LogP contribution in [0.1, 0.15) is 23.8 Å². The van der Waals surface area contributed by atoms with E-state index in [4.69, 9.17) is 0 Å². The number of aliphatic imine (C=N–C) groups is 1. The van der Waals surface area contributed by atoms with Gasteiger partial charge in [-0.3, -0.25) is 4.79 Å². The van der Waals surface area contributed by atoms with E-state index in [-0.39, 0.29) is 5.91 Å². The molecule has 5 nitrogen and oxygen atoms in total. The molecule has 0 aliphatic heterocycles.